The monoisotopic (exact) mass is 450 g/mol. The number of nitrogens with zero attached hydrogens (tertiary/aromatic N) is 3. The molecule has 1 aliphatic carbocycles. The number of methoxy groups -OCH3 is 1. The van der Waals surface area contributed by atoms with E-state index in [1.165, 1.54) is 34.9 Å². The Labute approximate surface area is 178 Å². The van der Waals surface area contributed by atoms with Gasteiger partial charge >= 0.3 is 0 Å². The summed E-state index contributed by atoms with van der Waals surface area (Å²) in [6.45, 7) is 1.29. The first-order chi connectivity index (χ1) is 14.5. The Hall–Kier alpha value is -2.34. The van der Waals surface area contributed by atoms with Crippen LogP contribution < -0.4 is 10.1 Å². The molecule has 30 heavy (non-hydrogen) atoms. The maximum Gasteiger partial charge on any atom is 0.250 e. The van der Waals surface area contributed by atoms with Crippen molar-refractivity contribution in [2.24, 2.45) is 0 Å². The molecule has 0 bridgehead atoms. The molecule has 1 saturated carbocycles. The maximum atomic E-state index is 13.0. The highest BCUT2D eigenvalue weighted by Crippen LogP contribution is 2.42. The van der Waals surface area contributed by atoms with Crippen LogP contribution in [-0.4, -0.2) is 62.2 Å². The average Bonchev–Trinajstić information content (AvgIpc) is 3.52. The molecule has 160 valence electrons. The Morgan fingerprint density at radius 3 is 2.77 bits per heavy atom. The second-order valence-electron chi connectivity index (χ2n) is 6.97. The van der Waals surface area contributed by atoms with Crippen molar-refractivity contribution in [2.75, 3.05) is 38.7 Å². The smallest absolute Gasteiger partial charge is 0.250 e. The largest absolute Gasteiger partial charge is 0.495 e. The van der Waals surface area contributed by atoms with Gasteiger partial charge in [0.05, 0.1) is 20.3 Å². The lowest BCUT2D eigenvalue weighted by Gasteiger charge is -2.26. The van der Waals surface area contributed by atoms with Gasteiger partial charge in [-0.25, -0.2) is 8.42 Å². The molecule has 1 aromatic heterocycles. The molecule has 2 aliphatic rings. The highest BCUT2D eigenvalue weighted by Gasteiger charge is 2.29. The first kappa shape index (κ1) is 20.9. The number of ether oxygens (including phenoxy) is 2. The van der Waals surface area contributed by atoms with Crippen LogP contribution in [0.5, 0.6) is 5.75 Å². The van der Waals surface area contributed by atoms with E-state index in [-0.39, 0.29) is 16.6 Å². The van der Waals surface area contributed by atoms with Crippen molar-refractivity contribution in [3.63, 3.8) is 0 Å². The minimum Gasteiger partial charge on any atom is -0.495 e. The Bertz CT molecular complexity index is 1060. The molecule has 1 amide bonds. The Morgan fingerprint density at radius 1 is 1.30 bits per heavy atom. The van der Waals surface area contributed by atoms with Crippen molar-refractivity contribution in [3.8, 4) is 5.75 Å². The number of hydrogen-bond donors (Lipinski definition) is 1. The van der Waals surface area contributed by atoms with E-state index in [9.17, 15) is 13.2 Å². The SMILES string of the molecule is COc1ccc(/C=C/C(=O)Nc2nnc(C3CC3)s2)cc1S(=O)(=O)N1CCOCC1. The van der Waals surface area contributed by atoms with Crippen molar-refractivity contribution >= 4 is 38.5 Å². The van der Waals surface area contributed by atoms with Gasteiger partial charge in [0.25, 0.3) is 0 Å². The third-order valence-corrected chi connectivity index (χ3v) is 7.72. The molecule has 0 unspecified atom stereocenters. The molecule has 1 aromatic carbocycles. The van der Waals surface area contributed by atoms with Gasteiger partial charge in [0.15, 0.2) is 0 Å². The number of benzene rings is 1. The van der Waals surface area contributed by atoms with E-state index in [0.29, 0.717) is 42.9 Å². The van der Waals surface area contributed by atoms with Gasteiger partial charge in [0, 0.05) is 25.1 Å². The number of hydrogen-bond acceptors (Lipinski definition) is 8. The fraction of sp³-hybridized carbons (Fsp3) is 0.421. The zero-order chi connectivity index (χ0) is 21.1. The van der Waals surface area contributed by atoms with E-state index >= 15 is 0 Å². The highest BCUT2D eigenvalue weighted by molar-refractivity contribution is 7.89. The van der Waals surface area contributed by atoms with E-state index in [4.69, 9.17) is 9.47 Å². The minimum atomic E-state index is -3.74. The molecule has 9 nitrogen and oxygen atoms in total. The molecule has 1 saturated heterocycles. The van der Waals surface area contributed by atoms with Gasteiger partial charge in [0.1, 0.15) is 15.7 Å². The van der Waals surface area contributed by atoms with Crippen LogP contribution in [0, 0.1) is 0 Å². The topological polar surface area (TPSA) is 111 Å². The molecule has 0 atom stereocenters. The third-order valence-electron chi connectivity index (χ3n) is 4.80. The quantitative estimate of drug-likeness (QED) is 0.643. The number of sulfonamides is 1. The molecule has 1 aliphatic heterocycles. The van der Waals surface area contributed by atoms with Gasteiger partial charge in [0.2, 0.25) is 21.1 Å². The molecule has 2 heterocycles. The van der Waals surface area contributed by atoms with Crippen LogP contribution in [0.15, 0.2) is 29.2 Å². The van der Waals surface area contributed by atoms with Gasteiger partial charge in [-0.1, -0.05) is 17.4 Å². The summed E-state index contributed by atoms with van der Waals surface area (Å²) in [4.78, 5) is 12.3. The molecular formula is C19H22N4O5S2. The Morgan fingerprint density at radius 2 is 2.07 bits per heavy atom. The number of anilines is 1. The van der Waals surface area contributed by atoms with Crippen molar-refractivity contribution in [2.45, 2.75) is 23.7 Å². The third kappa shape index (κ3) is 4.69. The number of rotatable bonds is 7. The number of carbonyl (C=O) groups is 1. The Kier molecular flexibility index (Phi) is 6.14. The summed E-state index contributed by atoms with van der Waals surface area (Å²) in [5, 5.41) is 12.2. The number of morpholine rings is 1. The first-order valence-corrected chi connectivity index (χ1v) is 11.8. The molecule has 0 radical (unpaired) electrons. The zero-order valence-electron chi connectivity index (χ0n) is 16.4. The van der Waals surface area contributed by atoms with Crippen molar-refractivity contribution in [1.29, 1.82) is 0 Å². The van der Waals surface area contributed by atoms with Crippen LogP contribution in [0.25, 0.3) is 6.08 Å². The summed E-state index contributed by atoms with van der Waals surface area (Å²) in [5.74, 6) is 0.376. The molecule has 4 rings (SSSR count). The standard InChI is InChI=1S/C19H22N4O5S2/c1-27-15-6-2-13(12-16(15)30(25,26)23-8-10-28-11-9-23)3-7-17(24)20-19-22-21-18(29-19)14-4-5-14/h2-3,6-7,12,14H,4-5,8-11H2,1H3,(H,20,22,24)/b7-3+. The number of nitrogens with one attached hydrogen (secondary N) is 1. The lowest BCUT2D eigenvalue weighted by molar-refractivity contribution is -0.111. The minimum absolute atomic E-state index is 0.0626. The predicted octanol–water partition coefficient (Wildman–Crippen LogP) is 2.10. The van der Waals surface area contributed by atoms with Gasteiger partial charge < -0.3 is 9.47 Å². The van der Waals surface area contributed by atoms with Crippen molar-refractivity contribution in [3.05, 3.63) is 34.8 Å². The lowest BCUT2D eigenvalue weighted by atomic mass is 10.2. The summed E-state index contributed by atoms with van der Waals surface area (Å²) in [7, 11) is -2.31. The van der Waals surface area contributed by atoms with Gasteiger partial charge in [-0.2, -0.15) is 4.31 Å². The van der Waals surface area contributed by atoms with E-state index in [2.05, 4.69) is 15.5 Å². The van der Waals surface area contributed by atoms with Crippen LogP contribution in [0.3, 0.4) is 0 Å². The second kappa shape index (κ2) is 8.80. The van der Waals surface area contributed by atoms with Crippen LogP contribution >= 0.6 is 11.3 Å². The normalized spacial score (nSPS) is 17.9. The van der Waals surface area contributed by atoms with E-state index in [1.807, 2.05) is 0 Å². The maximum absolute atomic E-state index is 13.0. The number of carbonyl (C=O) groups excluding carboxylic acids is 1. The zero-order valence-corrected chi connectivity index (χ0v) is 18.0. The van der Waals surface area contributed by atoms with Crippen LogP contribution in [0.4, 0.5) is 5.13 Å². The summed E-state index contributed by atoms with van der Waals surface area (Å²) < 4.78 is 37.9. The van der Waals surface area contributed by atoms with Crippen LogP contribution in [0.1, 0.15) is 29.3 Å². The summed E-state index contributed by atoms with van der Waals surface area (Å²) in [6, 6.07) is 4.78. The fourth-order valence-corrected chi connectivity index (χ4v) is 5.54. The number of aromatic nitrogens is 2. The van der Waals surface area contributed by atoms with Gasteiger partial charge in [-0.3, -0.25) is 10.1 Å². The molecule has 1 N–H and O–H groups in total. The van der Waals surface area contributed by atoms with Crippen molar-refractivity contribution in [1.82, 2.24) is 14.5 Å². The second-order valence-corrected chi connectivity index (χ2v) is 9.88. The van der Waals surface area contributed by atoms with E-state index in [0.717, 1.165) is 17.8 Å². The molecule has 0 spiro atoms. The van der Waals surface area contributed by atoms with Gasteiger partial charge in [-0.05, 0) is 36.6 Å². The summed E-state index contributed by atoms with van der Waals surface area (Å²) in [5.41, 5.74) is 0.564. The fourth-order valence-electron chi connectivity index (χ4n) is 3.02. The summed E-state index contributed by atoms with van der Waals surface area (Å²) >= 11 is 1.38. The first-order valence-electron chi connectivity index (χ1n) is 9.56. The van der Waals surface area contributed by atoms with Crippen LogP contribution in [0.2, 0.25) is 0 Å². The number of amides is 1. The molecular weight excluding hydrogens is 428 g/mol. The molecule has 11 heteroatoms. The average molecular weight is 451 g/mol. The van der Waals surface area contributed by atoms with E-state index in [1.54, 1.807) is 18.2 Å². The van der Waals surface area contributed by atoms with Crippen molar-refractivity contribution < 1.29 is 22.7 Å². The molecule has 2 aromatic rings. The predicted molar refractivity (Wildman–Crippen MR) is 112 cm³/mol. The summed E-state index contributed by atoms with van der Waals surface area (Å²) in [6.07, 6.45) is 5.13. The van der Waals surface area contributed by atoms with Gasteiger partial charge in [-0.15, -0.1) is 10.2 Å². The lowest BCUT2D eigenvalue weighted by Crippen LogP contribution is -2.40. The van der Waals surface area contributed by atoms with Crippen LogP contribution in [-0.2, 0) is 19.6 Å². The highest BCUT2D eigenvalue weighted by atomic mass is 32.2. The molecule has 2 fully saturated rings. The van der Waals surface area contributed by atoms with E-state index < -0.39 is 10.0 Å². The Balaban J connectivity index is 1.49.